The van der Waals surface area contributed by atoms with Gasteiger partial charge in [-0.1, -0.05) is 25.5 Å². The Hall–Kier alpha value is -1.44. The van der Waals surface area contributed by atoms with E-state index in [4.69, 9.17) is 10.9 Å². The molecule has 0 aliphatic rings. The normalized spacial score (nSPS) is 12.9. The van der Waals surface area contributed by atoms with Crippen LogP contribution >= 0.6 is 0 Å². The molecule has 0 fully saturated rings. The van der Waals surface area contributed by atoms with E-state index in [1.807, 2.05) is 6.92 Å². The van der Waals surface area contributed by atoms with E-state index in [-0.39, 0.29) is 29.8 Å². The third-order valence-electron chi connectivity index (χ3n) is 2.82. The number of nitrogens with two attached hydrogens (primary N) is 2. The van der Waals surface area contributed by atoms with Crippen LogP contribution in [-0.2, 0) is 21.4 Å². The minimum atomic E-state index is -3.72. The van der Waals surface area contributed by atoms with Crippen molar-refractivity contribution >= 4 is 15.9 Å². The van der Waals surface area contributed by atoms with E-state index in [0.717, 1.165) is 12.8 Å². The highest BCUT2D eigenvalue weighted by Crippen LogP contribution is 2.09. The van der Waals surface area contributed by atoms with Crippen LogP contribution < -0.4 is 16.2 Å². The fourth-order valence-corrected chi connectivity index (χ4v) is 2.40. The third-order valence-corrected chi connectivity index (χ3v) is 3.73. The zero-order valence-corrected chi connectivity index (χ0v) is 12.3. The number of hydrogen-bond donors (Lipinski definition) is 3. The summed E-state index contributed by atoms with van der Waals surface area (Å²) in [7, 11) is -3.72. The standard InChI is InChI=1S/C13H21N3O3S/c1-2-4-11(14)8-13(17)16-9-10-5-3-6-12(7-10)20(15,18)19/h3,5-7,11H,2,4,8-9,14H2,1H3,(H,16,17)(H2,15,18,19). The Labute approximate surface area is 119 Å². The lowest BCUT2D eigenvalue weighted by Crippen LogP contribution is -2.31. The highest BCUT2D eigenvalue weighted by atomic mass is 32.2. The van der Waals surface area contributed by atoms with Gasteiger partial charge in [0, 0.05) is 19.0 Å². The Morgan fingerprint density at radius 1 is 1.40 bits per heavy atom. The molecule has 0 aliphatic carbocycles. The van der Waals surface area contributed by atoms with Gasteiger partial charge in [-0.15, -0.1) is 0 Å². The molecule has 1 atom stereocenters. The van der Waals surface area contributed by atoms with Gasteiger partial charge in [-0.05, 0) is 24.1 Å². The average Bonchev–Trinajstić information content (AvgIpc) is 2.36. The molecule has 7 heteroatoms. The number of carbonyl (C=O) groups is 1. The van der Waals surface area contributed by atoms with E-state index in [9.17, 15) is 13.2 Å². The Morgan fingerprint density at radius 2 is 2.10 bits per heavy atom. The van der Waals surface area contributed by atoms with Crippen molar-refractivity contribution in [3.05, 3.63) is 29.8 Å². The van der Waals surface area contributed by atoms with Crippen LogP contribution in [-0.4, -0.2) is 20.4 Å². The highest BCUT2D eigenvalue weighted by molar-refractivity contribution is 7.89. The summed E-state index contributed by atoms with van der Waals surface area (Å²) in [5.41, 5.74) is 6.45. The molecule has 6 nitrogen and oxygen atoms in total. The van der Waals surface area contributed by atoms with Crippen molar-refractivity contribution in [2.75, 3.05) is 0 Å². The highest BCUT2D eigenvalue weighted by Gasteiger charge is 2.10. The number of sulfonamides is 1. The van der Waals surface area contributed by atoms with E-state index >= 15 is 0 Å². The van der Waals surface area contributed by atoms with Gasteiger partial charge < -0.3 is 11.1 Å². The second-order valence-corrected chi connectivity index (χ2v) is 6.28. The minimum absolute atomic E-state index is 0.0342. The molecule has 0 aliphatic heterocycles. The van der Waals surface area contributed by atoms with Crippen molar-refractivity contribution < 1.29 is 13.2 Å². The van der Waals surface area contributed by atoms with Crippen LogP contribution in [0.5, 0.6) is 0 Å². The third kappa shape index (κ3) is 5.68. The van der Waals surface area contributed by atoms with E-state index in [1.165, 1.54) is 12.1 Å². The Kier molecular flexibility index (Phi) is 6.12. The molecule has 1 aromatic rings. The first-order valence-electron chi connectivity index (χ1n) is 6.47. The predicted molar refractivity (Wildman–Crippen MR) is 77.2 cm³/mol. The summed E-state index contributed by atoms with van der Waals surface area (Å²) in [5.74, 6) is -0.146. The molecule has 1 unspecified atom stereocenters. The zero-order valence-electron chi connectivity index (χ0n) is 11.5. The fourth-order valence-electron chi connectivity index (χ4n) is 1.82. The Morgan fingerprint density at radius 3 is 2.70 bits per heavy atom. The second kappa shape index (κ2) is 7.37. The van der Waals surface area contributed by atoms with Crippen molar-refractivity contribution in [3.63, 3.8) is 0 Å². The van der Waals surface area contributed by atoms with E-state index in [0.29, 0.717) is 5.56 Å². The Bertz CT molecular complexity index is 558. The van der Waals surface area contributed by atoms with Crippen LogP contribution in [0.15, 0.2) is 29.2 Å². The van der Waals surface area contributed by atoms with Crippen molar-refractivity contribution in [2.45, 2.75) is 43.7 Å². The van der Waals surface area contributed by atoms with E-state index in [2.05, 4.69) is 5.32 Å². The lowest BCUT2D eigenvalue weighted by atomic mass is 10.1. The predicted octanol–water partition coefficient (Wildman–Crippen LogP) is 0.468. The molecule has 112 valence electrons. The smallest absolute Gasteiger partial charge is 0.238 e. The number of benzene rings is 1. The number of rotatable bonds is 7. The summed E-state index contributed by atoms with van der Waals surface area (Å²) in [5, 5.41) is 7.76. The van der Waals surface area contributed by atoms with Crippen LogP contribution in [0.1, 0.15) is 31.7 Å². The van der Waals surface area contributed by atoms with Gasteiger partial charge in [0.05, 0.1) is 4.90 Å². The van der Waals surface area contributed by atoms with Gasteiger partial charge in [0.2, 0.25) is 15.9 Å². The summed E-state index contributed by atoms with van der Waals surface area (Å²) < 4.78 is 22.4. The summed E-state index contributed by atoms with van der Waals surface area (Å²) in [6.45, 7) is 2.26. The molecule has 1 rings (SSSR count). The summed E-state index contributed by atoms with van der Waals surface area (Å²) in [6, 6.07) is 6.03. The molecule has 0 saturated carbocycles. The van der Waals surface area contributed by atoms with E-state index in [1.54, 1.807) is 12.1 Å². The maximum Gasteiger partial charge on any atom is 0.238 e. The molecule has 0 bridgehead atoms. The van der Waals surface area contributed by atoms with Crippen LogP contribution in [0.4, 0.5) is 0 Å². The number of primary sulfonamides is 1. The number of amides is 1. The molecular formula is C13H21N3O3S. The average molecular weight is 299 g/mol. The molecule has 5 N–H and O–H groups in total. The monoisotopic (exact) mass is 299 g/mol. The van der Waals surface area contributed by atoms with Crippen molar-refractivity contribution in [1.82, 2.24) is 5.32 Å². The van der Waals surface area contributed by atoms with Crippen molar-refractivity contribution in [1.29, 1.82) is 0 Å². The first-order valence-corrected chi connectivity index (χ1v) is 8.01. The largest absolute Gasteiger partial charge is 0.352 e. The molecule has 0 spiro atoms. The summed E-state index contributed by atoms with van der Waals surface area (Å²) in [4.78, 5) is 11.7. The fraction of sp³-hybridized carbons (Fsp3) is 0.462. The van der Waals surface area contributed by atoms with Gasteiger partial charge >= 0.3 is 0 Å². The number of nitrogens with one attached hydrogen (secondary N) is 1. The van der Waals surface area contributed by atoms with Crippen LogP contribution in [0.25, 0.3) is 0 Å². The molecule has 0 heterocycles. The molecular weight excluding hydrogens is 278 g/mol. The van der Waals surface area contributed by atoms with Crippen molar-refractivity contribution in [3.8, 4) is 0 Å². The maximum absolute atomic E-state index is 11.6. The lowest BCUT2D eigenvalue weighted by Gasteiger charge is -2.11. The quantitative estimate of drug-likeness (QED) is 0.678. The number of hydrogen-bond acceptors (Lipinski definition) is 4. The van der Waals surface area contributed by atoms with Gasteiger partial charge in [0.15, 0.2) is 0 Å². The lowest BCUT2D eigenvalue weighted by molar-refractivity contribution is -0.121. The molecule has 1 amide bonds. The molecule has 1 aromatic carbocycles. The molecule has 0 aromatic heterocycles. The van der Waals surface area contributed by atoms with Crippen LogP contribution in [0.3, 0.4) is 0 Å². The summed E-state index contributed by atoms with van der Waals surface area (Å²) in [6.07, 6.45) is 2.00. The first-order chi connectivity index (χ1) is 9.32. The van der Waals surface area contributed by atoms with Gasteiger partial charge in [0.25, 0.3) is 0 Å². The maximum atomic E-state index is 11.6. The molecule has 20 heavy (non-hydrogen) atoms. The first kappa shape index (κ1) is 16.6. The topological polar surface area (TPSA) is 115 Å². The molecule has 0 radical (unpaired) electrons. The van der Waals surface area contributed by atoms with Crippen LogP contribution in [0, 0.1) is 0 Å². The second-order valence-electron chi connectivity index (χ2n) is 4.72. The van der Waals surface area contributed by atoms with E-state index < -0.39 is 10.0 Å². The SMILES string of the molecule is CCCC(N)CC(=O)NCc1cccc(S(N)(=O)=O)c1. The van der Waals surface area contributed by atoms with Gasteiger partial charge in [-0.25, -0.2) is 13.6 Å². The van der Waals surface area contributed by atoms with Crippen molar-refractivity contribution in [2.24, 2.45) is 10.9 Å². The summed E-state index contributed by atoms with van der Waals surface area (Å²) >= 11 is 0. The van der Waals surface area contributed by atoms with Gasteiger partial charge in [-0.2, -0.15) is 0 Å². The minimum Gasteiger partial charge on any atom is -0.352 e. The Balaban J connectivity index is 2.56. The van der Waals surface area contributed by atoms with Gasteiger partial charge in [-0.3, -0.25) is 4.79 Å². The number of carbonyl (C=O) groups excluding carboxylic acids is 1. The van der Waals surface area contributed by atoms with Gasteiger partial charge in [0.1, 0.15) is 0 Å². The zero-order chi connectivity index (χ0) is 15.2. The molecule has 0 saturated heterocycles. The van der Waals surface area contributed by atoms with Crippen LogP contribution in [0.2, 0.25) is 0 Å².